The Kier molecular flexibility index (Phi) is 4.53. The first-order chi connectivity index (χ1) is 12.7. The Morgan fingerprint density at radius 3 is 2.69 bits per heavy atom. The number of thioether (sulfide) groups is 1. The molecule has 26 heavy (non-hydrogen) atoms. The Balaban J connectivity index is 1.50. The lowest BCUT2D eigenvalue weighted by atomic mass is 10.2. The Hall–Kier alpha value is -2.93. The number of carbonyl (C=O) groups excluding carboxylic acids is 1. The van der Waals surface area contributed by atoms with Gasteiger partial charge in [-0.05, 0) is 31.2 Å². The van der Waals surface area contributed by atoms with Crippen molar-refractivity contribution in [3.05, 3.63) is 60.4 Å². The lowest BCUT2D eigenvalue weighted by Crippen LogP contribution is -2.12. The summed E-state index contributed by atoms with van der Waals surface area (Å²) in [5.41, 5.74) is 2.48. The van der Waals surface area contributed by atoms with E-state index in [4.69, 9.17) is 0 Å². The van der Waals surface area contributed by atoms with Gasteiger partial charge in [-0.3, -0.25) is 4.79 Å². The number of hydrogen-bond acceptors (Lipinski definition) is 5. The maximum Gasteiger partial charge on any atom is 0.225 e. The van der Waals surface area contributed by atoms with Gasteiger partial charge in [-0.2, -0.15) is 4.52 Å². The van der Waals surface area contributed by atoms with Gasteiger partial charge in [0.25, 0.3) is 0 Å². The minimum Gasteiger partial charge on any atom is -0.326 e. The number of hydrogen-bond donors (Lipinski definition) is 1. The topological polar surface area (TPSA) is 72.2 Å². The van der Waals surface area contributed by atoms with Crippen LogP contribution in [0.5, 0.6) is 0 Å². The van der Waals surface area contributed by atoms with Crippen LogP contribution < -0.4 is 5.32 Å². The third-order valence-electron chi connectivity index (χ3n) is 3.87. The van der Waals surface area contributed by atoms with Crippen molar-refractivity contribution in [2.24, 2.45) is 0 Å². The van der Waals surface area contributed by atoms with Crippen LogP contribution in [0, 0.1) is 6.92 Å². The van der Waals surface area contributed by atoms with Crippen LogP contribution in [-0.4, -0.2) is 31.2 Å². The second kappa shape index (κ2) is 7.13. The summed E-state index contributed by atoms with van der Waals surface area (Å²) in [5.74, 6) is 1.29. The molecule has 130 valence electrons. The van der Waals surface area contributed by atoms with E-state index in [1.165, 1.54) is 11.8 Å². The molecule has 6 nitrogen and oxygen atoms in total. The van der Waals surface area contributed by atoms with Gasteiger partial charge in [0, 0.05) is 23.2 Å². The van der Waals surface area contributed by atoms with Crippen molar-refractivity contribution in [1.82, 2.24) is 19.6 Å². The van der Waals surface area contributed by atoms with Gasteiger partial charge < -0.3 is 5.32 Å². The predicted octanol–water partition coefficient (Wildman–Crippen LogP) is 3.71. The van der Waals surface area contributed by atoms with Gasteiger partial charge >= 0.3 is 0 Å². The highest BCUT2D eigenvalue weighted by Gasteiger charge is 2.12. The summed E-state index contributed by atoms with van der Waals surface area (Å²) in [6, 6.07) is 17.3. The molecule has 0 aliphatic heterocycles. The number of aryl methyl sites for hydroxylation is 1. The van der Waals surface area contributed by atoms with E-state index in [9.17, 15) is 4.79 Å². The van der Waals surface area contributed by atoms with E-state index in [1.807, 2.05) is 61.5 Å². The molecule has 4 rings (SSSR count). The number of nitrogens with one attached hydrogen (secondary N) is 1. The molecule has 2 aromatic carbocycles. The van der Waals surface area contributed by atoms with Gasteiger partial charge in [0.05, 0.1) is 5.52 Å². The molecule has 0 saturated carbocycles. The van der Waals surface area contributed by atoms with Crippen LogP contribution in [0.25, 0.3) is 16.6 Å². The van der Waals surface area contributed by atoms with E-state index in [2.05, 4.69) is 20.4 Å². The minimum atomic E-state index is -0.0181. The lowest BCUT2D eigenvalue weighted by Gasteiger charge is -2.07. The number of aromatic nitrogens is 4. The molecule has 4 aromatic rings. The Labute approximate surface area is 154 Å². The smallest absolute Gasteiger partial charge is 0.225 e. The van der Waals surface area contributed by atoms with Gasteiger partial charge in [0.2, 0.25) is 5.91 Å². The van der Waals surface area contributed by atoms with Crippen molar-refractivity contribution < 1.29 is 4.79 Å². The van der Waals surface area contributed by atoms with Crippen LogP contribution in [-0.2, 0) is 4.79 Å². The summed E-state index contributed by atoms with van der Waals surface area (Å²) >= 11 is 1.51. The molecule has 0 saturated heterocycles. The van der Waals surface area contributed by atoms with E-state index in [-0.39, 0.29) is 5.91 Å². The second-order valence-corrected chi connectivity index (χ2v) is 6.88. The zero-order valence-electron chi connectivity index (χ0n) is 14.2. The number of rotatable bonds is 5. The summed E-state index contributed by atoms with van der Waals surface area (Å²) in [6.45, 7) is 1.86. The predicted molar refractivity (Wildman–Crippen MR) is 103 cm³/mol. The molecule has 1 amide bonds. The summed E-state index contributed by atoms with van der Waals surface area (Å²) < 4.78 is 1.76. The molecule has 0 spiro atoms. The summed E-state index contributed by atoms with van der Waals surface area (Å²) in [7, 11) is 0. The number of amides is 1. The molecular weight excluding hydrogens is 346 g/mol. The summed E-state index contributed by atoms with van der Waals surface area (Å²) in [5, 5.41) is 9.06. The first kappa shape index (κ1) is 16.5. The Morgan fingerprint density at radius 1 is 1.08 bits per heavy atom. The molecule has 1 N–H and O–H groups in total. The fourth-order valence-corrected chi connectivity index (χ4v) is 3.59. The Bertz CT molecular complexity index is 1080. The fourth-order valence-electron chi connectivity index (χ4n) is 2.71. The summed E-state index contributed by atoms with van der Waals surface area (Å²) in [4.78, 5) is 21.3. The number of fused-ring (bicyclic) bond motifs is 3. The highest BCUT2D eigenvalue weighted by Crippen LogP contribution is 2.24. The molecule has 2 heterocycles. The third kappa shape index (κ3) is 3.39. The molecule has 0 atom stereocenters. The monoisotopic (exact) mass is 363 g/mol. The van der Waals surface area contributed by atoms with Gasteiger partial charge in [-0.1, -0.05) is 42.1 Å². The van der Waals surface area contributed by atoms with Crippen LogP contribution in [0.3, 0.4) is 0 Å². The molecule has 0 unspecified atom stereocenters. The average molecular weight is 363 g/mol. The fraction of sp³-hybridized carbons (Fsp3) is 0.158. The molecule has 0 bridgehead atoms. The quantitative estimate of drug-likeness (QED) is 0.432. The van der Waals surface area contributed by atoms with Crippen LogP contribution in [0.1, 0.15) is 12.2 Å². The SMILES string of the molecule is Cc1nc2c3ccccc3nc(SCCC(=O)Nc3ccccc3)n2n1. The second-order valence-electron chi connectivity index (χ2n) is 5.82. The normalized spacial score (nSPS) is 11.1. The zero-order chi connectivity index (χ0) is 17.9. The highest BCUT2D eigenvalue weighted by atomic mass is 32.2. The maximum atomic E-state index is 12.1. The van der Waals surface area contributed by atoms with E-state index in [1.54, 1.807) is 4.52 Å². The molecular formula is C19H17N5OS. The number of benzene rings is 2. The first-order valence-electron chi connectivity index (χ1n) is 8.30. The van der Waals surface area contributed by atoms with Gasteiger partial charge in [0.1, 0.15) is 5.82 Å². The number of nitrogens with zero attached hydrogens (tertiary/aromatic N) is 4. The maximum absolute atomic E-state index is 12.1. The molecule has 7 heteroatoms. The molecule has 0 fully saturated rings. The van der Waals surface area contributed by atoms with E-state index in [0.29, 0.717) is 18.0 Å². The van der Waals surface area contributed by atoms with Gasteiger partial charge in [0.15, 0.2) is 10.8 Å². The van der Waals surface area contributed by atoms with Crippen LogP contribution >= 0.6 is 11.8 Å². The highest BCUT2D eigenvalue weighted by molar-refractivity contribution is 7.99. The largest absolute Gasteiger partial charge is 0.326 e. The molecule has 0 aliphatic rings. The van der Waals surface area contributed by atoms with Crippen molar-refractivity contribution in [2.75, 3.05) is 11.1 Å². The standard InChI is InChI=1S/C19H17N5OS/c1-13-20-18-15-9-5-6-10-16(15)22-19(24(18)23-13)26-12-11-17(25)21-14-7-3-2-4-8-14/h2-10H,11-12H2,1H3,(H,21,25). The number of anilines is 1. The Morgan fingerprint density at radius 2 is 1.85 bits per heavy atom. The van der Waals surface area contributed by atoms with Crippen molar-refractivity contribution in [2.45, 2.75) is 18.5 Å². The van der Waals surface area contributed by atoms with Crippen molar-refractivity contribution in [1.29, 1.82) is 0 Å². The van der Waals surface area contributed by atoms with Gasteiger partial charge in [-0.15, -0.1) is 5.10 Å². The lowest BCUT2D eigenvalue weighted by molar-refractivity contribution is -0.115. The zero-order valence-corrected chi connectivity index (χ0v) is 15.0. The van der Waals surface area contributed by atoms with Crippen molar-refractivity contribution in [3.63, 3.8) is 0 Å². The first-order valence-corrected chi connectivity index (χ1v) is 9.29. The van der Waals surface area contributed by atoms with E-state index in [0.717, 1.165) is 27.4 Å². The molecule has 0 aliphatic carbocycles. The summed E-state index contributed by atoms with van der Waals surface area (Å²) in [6.07, 6.45) is 0.392. The molecule has 2 aromatic heterocycles. The number of carbonyl (C=O) groups is 1. The van der Waals surface area contributed by atoms with Crippen molar-refractivity contribution >= 4 is 39.9 Å². The van der Waals surface area contributed by atoms with E-state index < -0.39 is 0 Å². The minimum absolute atomic E-state index is 0.0181. The average Bonchev–Trinajstić information content (AvgIpc) is 3.04. The van der Waals surface area contributed by atoms with Crippen LogP contribution in [0.4, 0.5) is 5.69 Å². The third-order valence-corrected chi connectivity index (χ3v) is 4.80. The van der Waals surface area contributed by atoms with Gasteiger partial charge in [-0.25, -0.2) is 9.97 Å². The van der Waals surface area contributed by atoms with Crippen LogP contribution in [0.2, 0.25) is 0 Å². The number of para-hydroxylation sites is 2. The van der Waals surface area contributed by atoms with E-state index >= 15 is 0 Å². The van der Waals surface area contributed by atoms with Crippen LogP contribution in [0.15, 0.2) is 59.8 Å². The molecule has 0 radical (unpaired) electrons. The van der Waals surface area contributed by atoms with Crippen molar-refractivity contribution in [3.8, 4) is 0 Å².